The molecule has 1 amide bonds. The smallest absolute Gasteiger partial charge is 0.235 e. The molecule has 0 radical (unpaired) electrons. The van der Waals surface area contributed by atoms with Gasteiger partial charge in [0.05, 0.1) is 16.3 Å². The average molecular weight is 345 g/mol. The van der Waals surface area contributed by atoms with E-state index in [1.807, 2.05) is 18.7 Å². The third-order valence-corrected chi connectivity index (χ3v) is 5.74. The molecular weight excluding hydrogens is 330 g/mol. The van der Waals surface area contributed by atoms with Crippen molar-refractivity contribution in [2.75, 3.05) is 28.7 Å². The number of thioether (sulfide) groups is 2. The van der Waals surface area contributed by atoms with Crippen molar-refractivity contribution in [3.05, 3.63) is 29.3 Å². The molecule has 2 aromatic rings. The third kappa shape index (κ3) is 3.00. The molecule has 2 N–H and O–H groups in total. The number of nitrogens with zero attached hydrogens (tertiary/aromatic N) is 3. The van der Waals surface area contributed by atoms with E-state index in [0.29, 0.717) is 23.8 Å². The first-order valence-corrected chi connectivity index (χ1v) is 9.33. The number of anilines is 2. The standard InChI is InChI=1S/C15H15N5OS2/c1-8-17-10(13-15(18-8)20-12(21)7-23-13)6-9-2-3-11-14(19-9)16-4-5-22-11/h2-3H,4-7H2,1H3,(H,16,19)(H,17,18,20,21). The van der Waals surface area contributed by atoms with Crippen molar-refractivity contribution in [3.8, 4) is 0 Å². The van der Waals surface area contributed by atoms with Gasteiger partial charge in [0.15, 0.2) is 0 Å². The summed E-state index contributed by atoms with van der Waals surface area (Å²) in [5.41, 5.74) is 1.89. The molecule has 0 aromatic carbocycles. The second kappa shape index (κ2) is 6.01. The fraction of sp³-hybridized carbons (Fsp3) is 0.333. The molecule has 23 heavy (non-hydrogen) atoms. The number of carbonyl (C=O) groups is 1. The van der Waals surface area contributed by atoms with Gasteiger partial charge in [-0.2, -0.15) is 0 Å². The van der Waals surface area contributed by atoms with Crippen LogP contribution < -0.4 is 10.6 Å². The predicted octanol–water partition coefficient (Wildman–Crippen LogP) is 2.33. The van der Waals surface area contributed by atoms with Crippen LogP contribution in [0.4, 0.5) is 11.6 Å². The van der Waals surface area contributed by atoms with Crippen molar-refractivity contribution in [3.63, 3.8) is 0 Å². The highest BCUT2D eigenvalue weighted by molar-refractivity contribution is 8.00. The molecule has 2 aromatic heterocycles. The van der Waals surface area contributed by atoms with E-state index in [0.717, 1.165) is 34.4 Å². The molecule has 0 atom stereocenters. The lowest BCUT2D eigenvalue weighted by molar-refractivity contribution is -0.113. The Hall–Kier alpha value is -1.80. The number of fused-ring (bicyclic) bond motifs is 2. The van der Waals surface area contributed by atoms with E-state index in [4.69, 9.17) is 4.98 Å². The Morgan fingerprint density at radius 2 is 2.09 bits per heavy atom. The van der Waals surface area contributed by atoms with Crippen LogP contribution in [0.2, 0.25) is 0 Å². The second-order valence-electron chi connectivity index (χ2n) is 5.33. The number of nitrogens with one attached hydrogen (secondary N) is 2. The first-order chi connectivity index (χ1) is 11.2. The summed E-state index contributed by atoms with van der Waals surface area (Å²) < 4.78 is 0. The van der Waals surface area contributed by atoms with Gasteiger partial charge in [0, 0.05) is 29.3 Å². The maximum atomic E-state index is 11.6. The summed E-state index contributed by atoms with van der Waals surface area (Å²) in [7, 11) is 0. The van der Waals surface area contributed by atoms with Gasteiger partial charge in [0.1, 0.15) is 17.5 Å². The van der Waals surface area contributed by atoms with Crippen LogP contribution in [0.15, 0.2) is 21.9 Å². The van der Waals surface area contributed by atoms with Gasteiger partial charge in [-0.05, 0) is 19.1 Å². The summed E-state index contributed by atoms with van der Waals surface area (Å²) >= 11 is 3.32. The first-order valence-electron chi connectivity index (χ1n) is 7.36. The molecule has 6 nitrogen and oxygen atoms in total. The van der Waals surface area contributed by atoms with Crippen LogP contribution in [0.3, 0.4) is 0 Å². The number of hydrogen-bond acceptors (Lipinski definition) is 7. The zero-order chi connectivity index (χ0) is 15.8. The minimum atomic E-state index is -0.0142. The molecule has 2 aliphatic rings. The summed E-state index contributed by atoms with van der Waals surface area (Å²) in [4.78, 5) is 27.3. The molecule has 118 valence electrons. The lowest BCUT2D eigenvalue weighted by Gasteiger charge is -2.19. The molecule has 8 heteroatoms. The quantitative estimate of drug-likeness (QED) is 0.865. The number of pyridine rings is 1. The maximum Gasteiger partial charge on any atom is 0.235 e. The van der Waals surface area contributed by atoms with Crippen LogP contribution >= 0.6 is 23.5 Å². The number of aromatic nitrogens is 3. The Bertz CT molecular complexity index is 796. The van der Waals surface area contributed by atoms with Crippen molar-refractivity contribution in [2.24, 2.45) is 0 Å². The lowest BCUT2D eigenvalue weighted by atomic mass is 10.2. The highest BCUT2D eigenvalue weighted by atomic mass is 32.2. The predicted molar refractivity (Wildman–Crippen MR) is 92.4 cm³/mol. The molecule has 0 spiro atoms. The Labute approximate surface area is 142 Å². The summed E-state index contributed by atoms with van der Waals surface area (Å²) in [5.74, 6) is 3.71. The Balaban J connectivity index is 1.68. The molecule has 0 bridgehead atoms. The van der Waals surface area contributed by atoms with E-state index in [-0.39, 0.29) is 5.91 Å². The Morgan fingerprint density at radius 1 is 1.17 bits per heavy atom. The summed E-state index contributed by atoms with van der Waals surface area (Å²) in [6.07, 6.45) is 0.633. The molecule has 4 heterocycles. The van der Waals surface area contributed by atoms with E-state index in [1.54, 1.807) is 0 Å². The maximum absolute atomic E-state index is 11.6. The number of rotatable bonds is 2. The molecule has 0 saturated carbocycles. The zero-order valence-electron chi connectivity index (χ0n) is 12.5. The van der Waals surface area contributed by atoms with Gasteiger partial charge in [-0.15, -0.1) is 23.5 Å². The third-order valence-electron chi connectivity index (χ3n) is 3.57. The normalized spacial score (nSPS) is 16.1. The van der Waals surface area contributed by atoms with Crippen LogP contribution in [0.5, 0.6) is 0 Å². The van der Waals surface area contributed by atoms with E-state index in [2.05, 4.69) is 32.7 Å². The molecule has 0 unspecified atom stereocenters. The molecule has 0 aliphatic carbocycles. The minimum absolute atomic E-state index is 0.0142. The summed E-state index contributed by atoms with van der Waals surface area (Å²) in [5, 5.41) is 6.17. The fourth-order valence-corrected chi connectivity index (χ4v) is 4.32. The second-order valence-corrected chi connectivity index (χ2v) is 7.46. The highest BCUT2D eigenvalue weighted by Crippen LogP contribution is 2.34. The number of hydrogen-bond donors (Lipinski definition) is 2. The fourth-order valence-electron chi connectivity index (χ4n) is 2.61. The van der Waals surface area contributed by atoms with Gasteiger partial charge in [0.25, 0.3) is 0 Å². The molecule has 0 fully saturated rings. The van der Waals surface area contributed by atoms with Crippen LogP contribution in [-0.4, -0.2) is 38.9 Å². The van der Waals surface area contributed by atoms with Crippen molar-refractivity contribution in [2.45, 2.75) is 23.1 Å². The summed E-state index contributed by atoms with van der Waals surface area (Å²) in [6, 6.07) is 4.17. The van der Waals surface area contributed by atoms with Gasteiger partial charge in [-0.3, -0.25) is 4.79 Å². The van der Waals surface area contributed by atoms with Gasteiger partial charge in [0.2, 0.25) is 5.91 Å². The van der Waals surface area contributed by atoms with Gasteiger partial charge in [-0.25, -0.2) is 15.0 Å². The van der Waals surface area contributed by atoms with Gasteiger partial charge < -0.3 is 10.6 Å². The minimum Gasteiger partial charge on any atom is -0.368 e. The van der Waals surface area contributed by atoms with Crippen molar-refractivity contribution < 1.29 is 4.79 Å². The topological polar surface area (TPSA) is 79.8 Å². The van der Waals surface area contributed by atoms with Crippen LogP contribution in [-0.2, 0) is 11.2 Å². The van der Waals surface area contributed by atoms with E-state index < -0.39 is 0 Å². The van der Waals surface area contributed by atoms with Crippen molar-refractivity contribution in [1.29, 1.82) is 0 Å². The van der Waals surface area contributed by atoms with Gasteiger partial charge >= 0.3 is 0 Å². The number of amides is 1. The van der Waals surface area contributed by atoms with Gasteiger partial charge in [-0.1, -0.05) is 0 Å². The first kappa shape index (κ1) is 14.8. The van der Waals surface area contributed by atoms with Crippen molar-refractivity contribution >= 4 is 41.1 Å². The van der Waals surface area contributed by atoms with Crippen molar-refractivity contribution in [1.82, 2.24) is 15.0 Å². The Kier molecular flexibility index (Phi) is 3.86. The number of carbonyl (C=O) groups excluding carboxylic acids is 1. The largest absolute Gasteiger partial charge is 0.368 e. The number of aryl methyl sites for hydroxylation is 1. The average Bonchev–Trinajstić information content (AvgIpc) is 2.54. The lowest BCUT2D eigenvalue weighted by Crippen LogP contribution is -2.22. The Morgan fingerprint density at radius 3 is 3.00 bits per heavy atom. The van der Waals surface area contributed by atoms with E-state index in [9.17, 15) is 4.79 Å². The highest BCUT2D eigenvalue weighted by Gasteiger charge is 2.22. The SMILES string of the molecule is Cc1nc(Cc2ccc3c(n2)NCCS3)c2c(n1)NC(=O)CS2. The molecule has 2 aliphatic heterocycles. The molecule has 4 rings (SSSR count). The van der Waals surface area contributed by atoms with Crippen LogP contribution in [0.25, 0.3) is 0 Å². The summed E-state index contributed by atoms with van der Waals surface area (Å²) in [6.45, 7) is 2.78. The molecule has 0 saturated heterocycles. The van der Waals surface area contributed by atoms with E-state index >= 15 is 0 Å². The van der Waals surface area contributed by atoms with Crippen LogP contribution in [0.1, 0.15) is 17.2 Å². The monoisotopic (exact) mass is 345 g/mol. The molecular formula is C15H15N5OS2. The zero-order valence-corrected chi connectivity index (χ0v) is 14.2. The van der Waals surface area contributed by atoms with E-state index in [1.165, 1.54) is 16.7 Å². The van der Waals surface area contributed by atoms with Crippen LogP contribution in [0, 0.1) is 6.92 Å².